The van der Waals surface area contributed by atoms with Crippen molar-refractivity contribution in [1.82, 2.24) is 19.9 Å². The Bertz CT molecular complexity index is 1080. The molecule has 3 rings (SSSR count). The maximum atomic E-state index is 12.3. The van der Waals surface area contributed by atoms with E-state index in [0.29, 0.717) is 29.5 Å². The van der Waals surface area contributed by atoms with Crippen molar-refractivity contribution in [3.8, 4) is 5.75 Å². The summed E-state index contributed by atoms with van der Waals surface area (Å²) < 4.78 is 5.00. The molecule has 0 spiro atoms. The van der Waals surface area contributed by atoms with Crippen molar-refractivity contribution in [1.29, 1.82) is 0 Å². The molecule has 0 radical (unpaired) electrons. The van der Waals surface area contributed by atoms with Crippen LogP contribution in [0.1, 0.15) is 29.7 Å². The van der Waals surface area contributed by atoms with Crippen LogP contribution in [-0.4, -0.2) is 33.6 Å². The summed E-state index contributed by atoms with van der Waals surface area (Å²) in [6, 6.07) is 5.26. The molecular formula is C20H22ClN5O3. The predicted octanol–water partition coefficient (Wildman–Crippen LogP) is 2.54. The minimum atomic E-state index is -0.312. The maximum absolute atomic E-state index is 12.3. The molecule has 3 aromatic rings. The Labute approximate surface area is 172 Å². The zero-order valence-corrected chi connectivity index (χ0v) is 16.8. The van der Waals surface area contributed by atoms with Gasteiger partial charge in [0.1, 0.15) is 0 Å². The number of ether oxygens (including phenoxy) is 1. The summed E-state index contributed by atoms with van der Waals surface area (Å²) in [6.07, 6.45) is 7.76. The topological polar surface area (TPSA) is 113 Å². The van der Waals surface area contributed by atoms with E-state index in [0.717, 1.165) is 30.5 Å². The highest BCUT2D eigenvalue weighted by Gasteiger charge is 2.07. The minimum absolute atomic E-state index is 0.206. The number of hydrogen-bond donors (Lipinski definition) is 3. The molecule has 3 heterocycles. The number of nitrogens with zero attached hydrogens (tertiary/aromatic N) is 2. The molecule has 0 aliphatic carbocycles. The predicted molar refractivity (Wildman–Crippen MR) is 112 cm³/mol. The fourth-order valence-electron chi connectivity index (χ4n) is 2.84. The van der Waals surface area contributed by atoms with Crippen molar-refractivity contribution in [2.45, 2.75) is 25.7 Å². The third kappa shape index (κ3) is 5.68. The number of nitrogens with one attached hydrogen (secondary N) is 3. The van der Waals surface area contributed by atoms with Crippen LogP contribution in [0.5, 0.6) is 5.75 Å². The van der Waals surface area contributed by atoms with Crippen LogP contribution in [0.3, 0.4) is 0 Å². The largest absolute Gasteiger partial charge is 0.491 e. The fourth-order valence-corrected chi connectivity index (χ4v) is 3.06. The van der Waals surface area contributed by atoms with Crippen LogP contribution in [0.25, 0.3) is 0 Å². The summed E-state index contributed by atoms with van der Waals surface area (Å²) in [7, 11) is 1.42. The number of H-pyrrole nitrogens is 2. The first-order chi connectivity index (χ1) is 14.1. The number of halogens is 1. The van der Waals surface area contributed by atoms with Gasteiger partial charge >= 0.3 is 0 Å². The number of aromatic amines is 2. The lowest BCUT2D eigenvalue weighted by Gasteiger charge is -2.07. The van der Waals surface area contributed by atoms with Crippen LogP contribution < -0.4 is 21.2 Å². The Balaban J connectivity index is 1.51. The molecule has 3 N–H and O–H groups in total. The Kier molecular flexibility index (Phi) is 7.02. The molecule has 29 heavy (non-hydrogen) atoms. The van der Waals surface area contributed by atoms with Gasteiger partial charge in [0.05, 0.1) is 17.8 Å². The molecular weight excluding hydrogens is 394 g/mol. The highest BCUT2D eigenvalue weighted by Crippen LogP contribution is 2.14. The Morgan fingerprint density at radius 3 is 2.83 bits per heavy atom. The first-order valence-corrected chi connectivity index (χ1v) is 9.61. The summed E-state index contributed by atoms with van der Waals surface area (Å²) in [5, 5.41) is 3.80. The van der Waals surface area contributed by atoms with Crippen molar-refractivity contribution >= 4 is 17.5 Å². The van der Waals surface area contributed by atoms with Crippen molar-refractivity contribution in [2.24, 2.45) is 0 Å². The van der Waals surface area contributed by atoms with E-state index in [1.165, 1.54) is 13.3 Å². The summed E-state index contributed by atoms with van der Waals surface area (Å²) in [4.78, 5) is 37.7. The van der Waals surface area contributed by atoms with Gasteiger partial charge in [-0.1, -0.05) is 11.6 Å². The van der Waals surface area contributed by atoms with Gasteiger partial charge in [0.2, 0.25) is 5.95 Å². The summed E-state index contributed by atoms with van der Waals surface area (Å²) >= 11 is 6.10. The molecule has 0 atom stereocenters. The van der Waals surface area contributed by atoms with E-state index in [2.05, 4.69) is 25.3 Å². The monoisotopic (exact) mass is 415 g/mol. The summed E-state index contributed by atoms with van der Waals surface area (Å²) in [5.41, 5.74) is 1.60. The van der Waals surface area contributed by atoms with Crippen molar-refractivity contribution in [3.63, 3.8) is 0 Å². The quantitative estimate of drug-likeness (QED) is 0.463. The molecule has 152 valence electrons. The van der Waals surface area contributed by atoms with Gasteiger partial charge in [-0.15, -0.1) is 0 Å². The van der Waals surface area contributed by atoms with Crippen LogP contribution in [0.4, 0.5) is 5.95 Å². The van der Waals surface area contributed by atoms with Crippen molar-refractivity contribution in [2.75, 3.05) is 19.0 Å². The van der Waals surface area contributed by atoms with E-state index < -0.39 is 0 Å². The number of unbranched alkanes of at least 4 members (excludes halogenated alkanes) is 1. The molecule has 0 aliphatic rings. The molecule has 0 saturated carbocycles. The average Bonchev–Trinajstić information content (AvgIpc) is 2.72. The maximum Gasteiger partial charge on any atom is 0.290 e. The smallest absolute Gasteiger partial charge is 0.290 e. The van der Waals surface area contributed by atoms with Gasteiger partial charge in [0.25, 0.3) is 11.1 Å². The van der Waals surface area contributed by atoms with Gasteiger partial charge in [-0.25, -0.2) is 4.98 Å². The SMILES string of the molecule is COc1cc(Cc2cnc(NCCCCc3ncccc3Cl)[nH]c2=O)c[nH]c1=O. The van der Waals surface area contributed by atoms with E-state index in [1.807, 2.05) is 12.1 Å². The fraction of sp³-hybridized carbons (Fsp3) is 0.300. The highest BCUT2D eigenvalue weighted by molar-refractivity contribution is 6.31. The van der Waals surface area contributed by atoms with E-state index in [1.54, 1.807) is 18.5 Å². The molecule has 0 bridgehead atoms. The lowest BCUT2D eigenvalue weighted by molar-refractivity contribution is 0.407. The van der Waals surface area contributed by atoms with Crippen LogP contribution >= 0.6 is 11.6 Å². The second-order valence-corrected chi connectivity index (χ2v) is 6.89. The molecule has 0 aromatic carbocycles. The Morgan fingerprint density at radius 2 is 2.07 bits per heavy atom. The number of anilines is 1. The van der Waals surface area contributed by atoms with E-state index in [4.69, 9.17) is 16.3 Å². The van der Waals surface area contributed by atoms with Gasteiger partial charge < -0.3 is 15.0 Å². The average molecular weight is 416 g/mol. The molecule has 0 unspecified atom stereocenters. The number of rotatable bonds is 9. The zero-order valence-electron chi connectivity index (χ0n) is 16.0. The second kappa shape index (κ2) is 9.88. The van der Waals surface area contributed by atoms with Gasteiger partial charge in [-0.2, -0.15) is 0 Å². The second-order valence-electron chi connectivity index (χ2n) is 6.48. The molecule has 3 aromatic heterocycles. The van der Waals surface area contributed by atoms with E-state index in [-0.39, 0.29) is 16.9 Å². The first-order valence-electron chi connectivity index (χ1n) is 9.24. The number of aromatic nitrogens is 4. The molecule has 8 nitrogen and oxygen atoms in total. The molecule has 0 saturated heterocycles. The van der Waals surface area contributed by atoms with Crippen LogP contribution in [0, 0.1) is 0 Å². The number of methoxy groups -OCH3 is 1. The molecule has 0 aliphatic heterocycles. The van der Waals surface area contributed by atoms with Crippen molar-refractivity contribution < 1.29 is 4.74 Å². The minimum Gasteiger partial charge on any atom is -0.491 e. The van der Waals surface area contributed by atoms with E-state index in [9.17, 15) is 9.59 Å². The number of aryl methyl sites for hydroxylation is 1. The van der Waals surface area contributed by atoms with Crippen molar-refractivity contribution in [3.05, 3.63) is 79.3 Å². The van der Waals surface area contributed by atoms with E-state index >= 15 is 0 Å². The van der Waals surface area contributed by atoms with Crippen LogP contribution in [0.2, 0.25) is 5.02 Å². The molecule has 9 heteroatoms. The van der Waals surface area contributed by atoms with Crippen LogP contribution in [0.15, 0.2) is 46.4 Å². The summed E-state index contributed by atoms with van der Waals surface area (Å²) in [5.74, 6) is 0.630. The lowest BCUT2D eigenvalue weighted by atomic mass is 10.1. The Morgan fingerprint density at radius 1 is 1.21 bits per heavy atom. The first kappa shape index (κ1) is 20.6. The number of hydrogen-bond acceptors (Lipinski definition) is 6. The zero-order chi connectivity index (χ0) is 20.6. The molecule has 0 amide bonds. The third-order valence-electron chi connectivity index (χ3n) is 4.38. The number of pyridine rings is 2. The highest BCUT2D eigenvalue weighted by atomic mass is 35.5. The van der Waals surface area contributed by atoms with Gasteiger partial charge in [-0.05, 0) is 43.0 Å². The summed E-state index contributed by atoms with van der Waals surface area (Å²) in [6.45, 7) is 0.670. The van der Waals surface area contributed by atoms with Gasteiger partial charge in [0, 0.05) is 37.1 Å². The van der Waals surface area contributed by atoms with Gasteiger partial charge in [-0.3, -0.25) is 19.6 Å². The standard InChI is InChI=1S/C20H22ClN5O3/c1-29-17-10-13(11-24-19(17)28)9-14-12-25-20(26-18(14)27)23-7-3-2-6-16-15(21)5-4-8-22-16/h4-5,8,10-12H,2-3,6-7,9H2,1H3,(H,24,28)(H2,23,25,26,27). The molecule has 0 fully saturated rings. The Hall–Kier alpha value is -3.13. The lowest BCUT2D eigenvalue weighted by Crippen LogP contribution is -2.18. The normalized spacial score (nSPS) is 10.7. The van der Waals surface area contributed by atoms with Crippen LogP contribution in [-0.2, 0) is 12.8 Å². The van der Waals surface area contributed by atoms with Gasteiger partial charge in [0.15, 0.2) is 5.75 Å². The third-order valence-corrected chi connectivity index (χ3v) is 4.73.